The molecule has 1 aliphatic rings. The Morgan fingerprint density at radius 2 is 1.91 bits per heavy atom. The second kappa shape index (κ2) is 10.9. The number of carbonyl (C=O) groups excluding carboxylic acids is 1. The zero-order valence-electron chi connectivity index (χ0n) is 18.9. The Morgan fingerprint density at radius 1 is 1.18 bits per heavy atom. The lowest BCUT2D eigenvalue weighted by molar-refractivity contribution is -0.137. The number of rotatable bonds is 8. The van der Waals surface area contributed by atoms with E-state index >= 15 is 0 Å². The number of alkyl halides is 3. The Hall–Kier alpha value is -2.74. The lowest BCUT2D eigenvalue weighted by Gasteiger charge is -2.37. The first-order chi connectivity index (χ1) is 15.6. The van der Waals surface area contributed by atoms with Gasteiger partial charge in [-0.3, -0.25) is 9.69 Å². The van der Waals surface area contributed by atoms with Crippen molar-refractivity contribution in [2.24, 2.45) is 17.8 Å². The molecule has 2 N–H and O–H groups in total. The van der Waals surface area contributed by atoms with Gasteiger partial charge >= 0.3 is 6.18 Å². The number of hydrogen-bond donors (Lipinski definition) is 2. The lowest BCUT2D eigenvalue weighted by atomic mass is 9.88. The van der Waals surface area contributed by atoms with E-state index in [1.165, 1.54) is 12.1 Å². The first kappa shape index (κ1) is 24.9. The molecule has 1 aliphatic heterocycles. The van der Waals surface area contributed by atoms with Crippen molar-refractivity contribution in [1.82, 2.24) is 10.2 Å². The molecule has 0 bridgehead atoms. The first-order valence-electron chi connectivity index (χ1n) is 11.2. The number of carbonyl (C=O) groups is 1. The maximum atomic E-state index is 13.0. The molecule has 1 fully saturated rings. The van der Waals surface area contributed by atoms with Crippen LogP contribution in [0.25, 0.3) is 0 Å². The van der Waals surface area contributed by atoms with Crippen molar-refractivity contribution in [2.45, 2.75) is 33.0 Å². The van der Waals surface area contributed by atoms with Gasteiger partial charge in [0.2, 0.25) is 5.91 Å². The van der Waals surface area contributed by atoms with E-state index < -0.39 is 11.7 Å². The number of likely N-dealkylation sites (tertiary alicyclic amines) is 1. The molecule has 8 heteroatoms. The van der Waals surface area contributed by atoms with Crippen LogP contribution in [0.3, 0.4) is 0 Å². The van der Waals surface area contributed by atoms with E-state index in [0.29, 0.717) is 38.5 Å². The average Bonchev–Trinajstić information content (AvgIpc) is 2.77. The van der Waals surface area contributed by atoms with Crippen LogP contribution < -0.4 is 10.1 Å². The minimum absolute atomic E-state index is 0.0109. The summed E-state index contributed by atoms with van der Waals surface area (Å²) in [6.07, 6.45) is -3.82. The van der Waals surface area contributed by atoms with E-state index in [1.807, 2.05) is 26.0 Å². The fraction of sp³-hybridized carbons (Fsp3) is 0.480. The Labute approximate surface area is 192 Å². The predicted octanol–water partition coefficient (Wildman–Crippen LogP) is 4.70. The summed E-state index contributed by atoms with van der Waals surface area (Å²) in [5, 5.41) is 12.5. The van der Waals surface area contributed by atoms with Gasteiger partial charge in [0, 0.05) is 32.1 Å². The molecule has 0 aliphatic carbocycles. The highest BCUT2D eigenvalue weighted by atomic mass is 19.4. The number of nitrogens with one attached hydrogen (secondary N) is 1. The molecule has 0 saturated carbocycles. The number of halogens is 3. The van der Waals surface area contributed by atoms with Gasteiger partial charge in [-0.1, -0.05) is 32.0 Å². The number of hydrogen-bond acceptors (Lipinski definition) is 4. The molecule has 0 unspecified atom stereocenters. The van der Waals surface area contributed by atoms with Gasteiger partial charge in [0.25, 0.3) is 0 Å². The van der Waals surface area contributed by atoms with Crippen LogP contribution in [0.1, 0.15) is 31.4 Å². The maximum Gasteiger partial charge on any atom is 0.416 e. The molecule has 1 amide bonds. The third kappa shape index (κ3) is 7.67. The van der Waals surface area contributed by atoms with Crippen molar-refractivity contribution in [1.29, 1.82) is 0 Å². The molecule has 0 radical (unpaired) electrons. The van der Waals surface area contributed by atoms with E-state index in [1.54, 1.807) is 12.1 Å². The van der Waals surface area contributed by atoms with E-state index in [4.69, 9.17) is 4.74 Å². The average molecular weight is 465 g/mol. The number of aromatic hydroxyl groups is 1. The fourth-order valence-corrected chi connectivity index (χ4v) is 4.03. The molecule has 180 valence electrons. The van der Waals surface area contributed by atoms with Crippen molar-refractivity contribution in [3.05, 3.63) is 59.7 Å². The molecule has 0 spiro atoms. The SMILES string of the molecule is CC(C)CNC(=O)[C@@H]1C[C@H](COc2cccc(C(F)(F)F)c2)CN(Cc2ccc(O)cc2)C1. The molecule has 2 atom stereocenters. The Morgan fingerprint density at radius 3 is 2.58 bits per heavy atom. The van der Waals surface area contributed by atoms with Crippen LogP contribution in [0.5, 0.6) is 11.5 Å². The molecule has 5 nitrogen and oxygen atoms in total. The topological polar surface area (TPSA) is 61.8 Å². The molecule has 2 aromatic rings. The largest absolute Gasteiger partial charge is 0.508 e. The highest BCUT2D eigenvalue weighted by Crippen LogP contribution is 2.32. The van der Waals surface area contributed by atoms with Crippen LogP contribution >= 0.6 is 0 Å². The summed E-state index contributed by atoms with van der Waals surface area (Å²) in [7, 11) is 0. The summed E-state index contributed by atoms with van der Waals surface area (Å²) in [5.74, 6) is 0.441. The first-order valence-corrected chi connectivity index (χ1v) is 11.2. The van der Waals surface area contributed by atoms with Gasteiger partial charge in [0.05, 0.1) is 18.1 Å². The summed E-state index contributed by atoms with van der Waals surface area (Å²) in [4.78, 5) is 14.9. The monoisotopic (exact) mass is 464 g/mol. The molecule has 1 saturated heterocycles. The lowest BCUT2D eigenvalue weighted by Crippen LogP contribution is -2.47. The zero-order valence-corrected chi connectivity index (χ0v) is 18.9. The van der Waals surface area contributed by atoms with Crippen molar-refractivity contribution < 1.29 is 27.8 Å². The standard InChI is InChI=1S/C25H31F3N2O3/c1-17(2)12-29-24(32)20-10-19(14-30(15-20)13-18-6-8-22(31)9-7-18)16-33-23-5-3-4-21(11-23)25(26,27)28/h3-9,11,17,19-20,31H,10,12-16H2,1-2H3,(H,29,32)/t19-,20+/m0/s1. The number of phenols is 1. The van der Waals surface area contributed by atoms with Gasteiger partial charge in [0.15, 0.2) is 0 Å². The molecular weight excluding hydrogens is 433 g/mol. The highest BCUT2D eigenvalue weighted by molar-refractivity contribution is 5.79. The third-order valence-corrected chi connectivity index (χ3v) is 5.66. The molecule has 3 rings (SSSR count). The second-order valence-corrected chi connectivity index (χ2v) is 9.13. The normalized spacial score (nSPS) is 19.5. The number of nitrogens with zero attached hydrogens (tertiary/aromatic N) is 1. The van der Waals surface area contributed by atoms with Gasteiger partial charge in [0.1, 0.15) is 11.5 Å². The Kier molecular flexibility index (Phi) is 8.24. The summed E-state index contributed by atoms with van der Waals surface area (Å²) in [5.41, 5.74) is 0.261. The number of piperidine rings is 1. The van der Waals surface area contributed by atoms with Crippen molar-refractivity contribution >= 4 is 5.91 Å². The van der Waals surface area contributed by atoms with Gasteiger partial charge in [-0.2, -0.15) is 13.2 Å². The van der Waals surface area contributed by atoms with Crippen LogP contribution in [-0.2, 0) is 17.5 Å². The zero-order chi connectivity index (χ0) is 24.0. The Balaban J connectivity index is 1.68. The van der Waals surface area contributed by atoms with Gasteiger partial charge in [-0.05, 0) is 48.2 Å². The third-order valence-electron chi connectivity index (χ3n) is 5.66. The molecule has 0 aromatic heterocycles. The second-order valence-electron chi connectivity index (χ2n) is 9.13. The smallest absolute Gasteiger partial charge is 0.416 e. The highest BCUT2D eigenvalue weighted by Gasteiger charge is 2.33. The summed E-state index contributed by atoms with van der Waals surface area (Å²) in [6.45, 7) is 6.74. The van der Waals surface area contributed by atoms with Gasteiger partial charge in [-0.15, -0.1) is 0 Å². The summed E-state index contributed by atoms with van der Waals surface area (Å²) in [6, 6.07) is 11.8. The quantitative estimate of drug-likeness (QED) is 0.595. The van der Waals surface area contributed by atoms with Crippen molar-refractivity contribution in [3.63, 3.8) is 0 Å². The van der Waals surface area contributed by atoms with Crippen LogP contribution in [0.2, 0.25) is 0 Å². The molecule has 33 heavy (non-hydrogen) atoms. The van der Waals surface area contributed by atoms with Crippen LogP contribution in [0.15, 0.2) is 48.5 Å². The van der Waals surface area contributed by atoms with Crippen LogP contribution in [0.4, 0.5) is 13.2 Å². The minimum atomic E-state index is -4.43. The van der Waals surface area contributed by atoms with Crippen LogP contribution in [0, 0.1) is 17.8 Å². The number of amides is 1. The summed E-state index contributed by atoms with van der Waals surface area (Å²) >= 11 is 0. The van der Waals surface area contributed by atoms with E-state index in [-0.39, 0.29) is 35.8 Å². The minimum Gasteiger partial charge on any atom is -0.508 e. The fourth-order valence-electron chi connectivity index (χ4n) is 4.03. The van der Waals surface area contributed by atoms with E-state index in [2.05, 4.69) is 10.2 Å². The van der Waals surface area contributed by atoms with E-state index in [0.717, 1.165) is 17.7 Å². The van der Waals surface area contributed by atoms with Gasteiger partial charge in [-0.25, -0.2) is 0 Å². The number of benzene rings is 2. The van der Waals surface area contributed by atoms with E-state index in [9.17, 15) is 23.1 Å². The van der Waals surface area contributed by atoms with Gasteiger partial charge < -0.3 is 15.2 Å². The number of ether oxygens (including phenoxy) is 1. The maximum absolute atomic E-state index is 13.0. The van der Waals surface area contributed by atoms with Crippen molar-refractivity contribution in [2.75, 3.05) is 26.2 Å². The summed E-state index contributed by atoms with van der Waals surface area (Å²) < 4.78 is 44.7. The van der Waals surface area contributed by atoms with Crippen LogP contribution in [-0.4, -0.2) is 42.2 Å². The van der Waals surface area contributed by atoms with Crippen molar-refractivity contribution in [3.8, 4) is 11.5 Å². The Bertz CT molecular complexity index is 916. The molecule has 2 aromatic carbocycles. The predicted molar refractivity (Wildman–Crippen MR) is 120 cm³/mol. The molecular formula is C25H31F3N2O3. The number of phenolic OH excluding ortho intramolecular Hbond substituents is 1. The molecule has 1 heterocycles.